The van der Waals surface area contributed by atoms with Crippen molar-refractivity contribution in [3.63, 3.8) is 0 Å². The Balaban J connectivity index is 3.51. The van der Waals surface area contributed by atoms with Gasteiger partial charge in [-0.2, -0.15) is 0 Å². The van der Waals surface area contributed by atoms with Crippen LogP contribution in [0.1, 0.15) is 21.5 Å². The van der Waals surface area contributed by atoms with E-state index >= 15 is 0 Å². The first-order valence-electron chi connectivity index (χ1n) is 3.51. The summed E-state index contributed by atoms with van der Waals surface area (Å²) in [7, 11) is 0. The summed E-state index contributed by atoms with van der Waals surface area (Å²) < 4.78 is 0. The van der Waals surface area contributed by atoms with Gasteiger partial charge < -0.3 is 5.11 Å². The predicted molar refractivity (Wildman–Crippen MR) is 48.0 cm³/mol. The van der Waals surface area contributed by atoms with E-state index in [4.69, 9.17) is 11.6 Å². The minimum atomic E-state index is -0.00985. The number of carbonyl (C=O) groups excluding carboxylic acids is 1. The van der Waals surface area contributed by atoms with Gasteiger partial charge >= 0.3 is 0 Å². The molecule has 0 unspecified atom stereocenters. The van der Waals surface area contributed by atoms with Crippen LogP contribution in [0.3, 0.4) is 0 Å². The minimum Gasteiger partial charge on any atom is -0.506 e. The Morgan fingerprint density at radius 2 is 2.08 bits per heavy atom. The van der Waals surface area contributed by atoms with E-state index in [9.17, 15) is 9.90 Å². The Kier molecular flexibility index (Phi) is 2.38. The molecule has 0 aliphatic rings. The van der Waals surface area contributed by atoms with Crippen molar-refractivity contribution in [3.8, 4) is 5.75 Å². The van der Waals surface area contributed by atoms with E-state index in [1.54, 1.807) is 19.9 Å². The number of phenolic OH excluding ortho intramolecular Hbond substituents is 1. The largest absolute Gasteiger partial charge is 0.506 e. The van der Waals surface area contributed by atoms with Crippen LogP contribution < -0.4 is 0 Å². The van der Waals surface area contributed by atoms with Crippen LogP contribution in [0.5, 0.6) is 5.75 Å². The van der Waals surface area contributed by atoms with Crippen molar-refractivity contribution in [1.82, 2.24) is 0 Å². The number of phenols is 1. The number of halogens is 1. The van der Waals surface area contributed by atoms with E-state index < -0.39 is 0 Å². The van der Waals surface area contributed by atoms with Crippen molar-refractivity contribution in [3.05, 3.63) is 27.8 Å². The van der Waals surface area contributed by atoms with Gasteiger partial charge in [-0.25, -0.2) is 0 Å². The van der Waals surface area contributed by atoms with Crippen LogP contribution in [-0.4, -0.2) is 11.4 Å². The van der Waals surface area contributed by atoms with E-state index in [2.05, 4.69) is 0 Å². The molecule has 0 saturated carbocycles. The van der Waals surface area contributed by atoms with Gasteiger partial charge in [-0.15, -0.1) is 0 Å². The first-order chi connectivity index (χ1) is 5.57. The zero-order valence-electron chi connectivity index (χ0n) is 6.89. The molecule has 1 N–H and O–H groups in total. The Morgan fingerprint density at radius 1 is 1.50 bits per heavy atom. The molecule has 12 heavy (non-hydrogen) atoms. The lowest BCUT2D eigenvalue weighted by molar-refractivity contribution is 0.112. The number of benzene rings is 1. The highest BCUT2D eigenvalue weighted by Crippen LogP contribution is 2.30. The highest BCUT2D eigenvalue weighted by molar-refractivity contribution is 6.32. The molecule has 0 amide bonds. The molecule has 1 aromatic rings. The van der Waals surface area contributed by atoms with E-state index in [-0.39, 0.29) is 10.8 Å². The van der Waals surface area contributed by atoms with Gasteiger partial charge in [-0.05, 0) is 25.5 Å². The van der Waals surface area contributed by atoms with Crippen molar-refractivity contribution < 1.29 is 9.90 Å². The number of rotatable bonds is 1. The fourth-order valence-electron chi connectivity index (χ4n) is 1.12. The van der Waals surface area contributed by atoms with Gasteiger partial charge in [0, 0.05) is 11.1 Å². The lowest BCUT2D eigenvalue weighted by Crippen LogP contribution is -1.92. The lowest BCUT2D eigenvalue weighted by Gasteiger charge is -2.06. The van der Waals surface area contributed by atoms with Gasteiger partial charge in [0.1, 0.15) is 5.75 Å². The summed E-state index contributed by atoms with van der Waals surface area (Å²) in [6, 6.07) is 1.58. The number of aromatic hydroxyl groups is 1. The average Bonchev–Trinajstić information content (AvgIpc) is 2.01. The summed E-state index contributed by atoms with van der Waals surface area (Å²) in [4.78, 5) is 10.6. The number of aryl methyl sites for hydroxylation is 1. The molecule has 1 rings (SSSR count). The van der Waals surface area contributed by atoms with Crippen molar-refractivity contribution >= 4 is 17.9 Å². The summed E-state index contributed by atoms with van der Waals surface area (Å²) in [6.45, 7) is 3.44. The highest BCUT2D eigenvalue weighted by Gasteiger charge is 2.09. The van der Waals surface area contributed by atoms with Crippen LogP contribution in [0.2, 0.25) is 5.02 Å². The van der Waals surface area contributed by atoms with Gasteiger partial charge in [0.25, 0.3) is 0 Å². The van der Waals surface area contributed by atoms with Gasteiger partial charge in [0.05, 0.1) is 5.02 Å². The van der Waals surface area contributed by atoms with E-state index in [0.717, 1.165) is 11.8 Å². The smallest absolute Gasteiger partial charge is 0.150 e. The van der Waals surface area contributed by atoms with E-state index in [1.165, 1.54) is 0 Å². The Bertz CT molecular complexity index is 332. The van der Waals surface area contributed by atoms with Crippen molar-refractivity contribution in [1.29, 1.82) is 0 Å². The molecule has 0 bridgehead atoms. The molecule has 0 aliphatic carbocycles. The monoisotopic (exact) mass is 184 g/mol. The van der Waals surface area contributed by atoms with E-state index in [1.807, 2.05) is 0 Å². The van der Waals surface area contributed by atoms with Gasteiger partial charge in [0.15, 0.2) is 6.29 Å². The maximum atomic E-state index is 10.6. The molecule has 0 heterocycles. The lowest BCUT2D eigenvalue weighted by atomic mass is 10.0. The quantitative estimate of drug-likeness (QED) is 0.681. The summed E-state index contributed by atoms with van der Waals surface area (Å²) in [5.41, 5.74) is 1.83. The standard InChI is InChI=1S/C9H9ClO2/c1-5-3-8(10)9(12)6(2)7(5)4-11/h3-4,12H,1-2H3. The molecule has 2 nitrogen and oxygen atoms in total. The number of aldehydes is 1. The average molecular weight is 185 g/mol. The third-order valence-electron chi connectivity index (χ3n) is 1.87. The summed E-state index contributed by atoms with van der Waals surface area (Å²) in [6.07, 6.45) is 0.723. The van der Waals surface area contributed by atoms with Crippen LogP contribution in [0.15, 0.2) is 6.07 Å². The number of hydrogen-bond acceptors (Lipinski definition) is 2. The summed E-state index contributed by atoms with van der Waals surface area (Å²) in [5, 5.41) is 9.64. The number of carbonyl (C=O) groups is 1. The molecular weight excluding hydrogens is 176 g/mol. The molecule has 0 spiro atoms. The highest BCUT2D eigenvalue weighted by atomic mass is 35.5. The van der Waals surface area contributed by atoms with Crippen molar-refractivity contribution in [2.24, 2.45) is 0 Å². The molecule has 0 atom stereocenters. The molecule has 0 aromatic heterocycles. The van der Waals surface area contributed by atoms with Crippen LogP contribution in [0.25, 0.3) is 0 Å². The maximum absolute atomic E-state index is 10.6. The third kappa shape index (κ3) is 1.30. The predicted octanol–water partition coefficient (Wildman–Crippen LogP) is 2.47. The zero-order chi connectivity index (χ0) is 9.30. The maximum Gasteiger partial charge on any atom is 0.150 e. The molecule has 0 radical (unpaired) electrons. The topological polar surface area (TPSA) is 37.3 Å². The van der Waals surface area contributed by atoms with Gasteiger partial charge in [0.2, 0.25) is 0 Å². The summed E-state index contributed by atoms with van der Waals surface area (Å²) >= 11 is 5.68. The summed E-state index contributed by atoms with van der Waals surface area (Å²) in [5.74, 6) is -0.00985. The second kappa shape index (κ2) is 3.15. The molecule has 1 aromatic carbocycles. The molecule has 3 heteroatoms. The van der Waals surface area contributed by atoms with Crippen LogP contribution in [0.4, 0.5) is 0 Å². The molecule has 64 valence electrons. The molecule has 0 aliphatic heterocycles. The number of hydrogen-bond donors (Lipinski definition) is 1. The fraction of sp³-hybridized carbons (Fsp3) is 0.222. The molecule has 0 saturated heterocycles. The first-order valence-corrected chi connectivity index (χ1v) is 3.89. The van der Waals surface area contributed by atoms with Crippen LogP contribution in [-0.2, 0) is 0 Å². The van der Waals surface area contributed by atoms with Gasteiger partial charge in [-0.3, -0.25) is 4.79 Å². The van der Waals surface area contributed by atoms with Gasteiger partial charge in [-0.1, -0.05) is 11.6 Å². The second-order valence-electron chi connectivity index (χ2n) is 2.68. The molecular formula is C9H9ClO2. The Morgan fingerprint density at radius 3 is 2.58 bits per heavy atom. The first kappa shape index (κ1) is 9.07. The molecule has 0 fully saturated rings. The minimum absolute atomic E-state index is 0.00985. The van der Waals surface area contributed by atoms with Crippen LogP contribution in [0, 0.1) is 13.8 Å². The van der Waals surface area contributed by atoms with E-state index in [0.29, 0.717) is 11.1 Å². The van der Waals surface area contributed by atoms with Crippen LogP contribution >= 0.6 is 11.6 Å². The van der Waals surface area contributed by atoms with Crippen molar-refractivity contribution in [2.75, 3.05) is 0 Å². The zero-order valence-corrected chi connectivity index (χ0v) is 7.64. The Labute approximate surface area is 75.8 Å². The Hall–Kier alpha value is -1.02. The van der Waals surface area contributed by atoms with Crippen molar-refractivity contribution in [2.45, 2.75) is 13.8 Å². The fourth-order valence-corrected chi connectivity index (χ4v) is 1.43. The third-order valence-corrected chi connectivity index (χ3v) is 2.16. The SMILES string of the molecule is Cc1cc(Cl)c(O)c(C)c1C=O. The second-order valence-corrected chi connectivity index (χ2v) is 3.09. The normalized spacial score (nSPS) is 9.92.